The van der Waals surface area contributed by atoms with Crippen molar-refractivity contribution >= 4 is 52.8 Å². The molecule has 7 nitrogen and oxygen atoms in total. The highest BCUT2D eigenvalue weighted by Crippen LogP contribution is 2.32. The van der Waals surface area contributed by atoms with E-state index in [0.717, 1.165) is 6.07 Å². The lowest BCUT2D eigenvalue weighted by Gasteiger charge is -2.11. The molecule has 0 amide bonds. The van der Waals surface area contributed by atoms with Crippen LogP contribution < -0.4 is 5.73 Å². The molecule has 0 heterocycles. The van der Waals surface area contributed by atoms with Crippen LogP contribution in [0.5, 0.6) is 0 Å². The van der Waals surface area contributed by atoms with Crippen molar-refractivity contribution in [2.45, 2.75) is 9.79 Å². The van der Waals surface area contributed by atoms with Gasteiger partial charge in [-0.3, -0.25) is 0 Å². The van der Waals surface area contributed by atoms with Crippen LogP contribution in [0.25, 0.3) is 10.8 Å². The van der Waals surface area contributed by atoms with Gasteiger partial charge in [0.05, 0.1) is 0 Å². The number of hydrogen-bond donors (Lipinski definition) is 1. The number of anilines is 1. The Bertz CT molecular complexity index is 911. The topological polar surface area (TPSA) is 113 Å². The molecule has 0 unspecified atom stereocenters. The van der Waals surface area contributed by atoms with Crippen LogP contribution in [-0.2, 0) is 28.4 Å². The molecule has 2 N–H and O–H groups in total. The van der Waals surface area contributed by atoms with E-state index < -0.39 is 20.2 Å². The standard InChI is InChI=1S/C10H7B2NO6S2/c11-18-20(14,15)9-3-1-2-7-8(9)4-6(13)5-10(7)21(16,17)19-12/h1-5H,13H2. The number of nitrogens with two attached hydrogens (primary N) is 1. The monoisotopic (exact) mass is 323 g/mol. The number of benzene rings is 2. The summed E-state index contributed by atoms with van der Waals surface area (Å²) in [6.45, 7) is 0. The highest BCUT2D eigenvalue weighted by atomic mass is 32.2. The first-order valence-corrected chi connectivity index (χ1v) is 8.13. The molecule has 21 heavy (non-hydrogen) atoms. The average Bonchev–Trinajstić information content (AvgIpc) is 2.45. The molecule has 0 aliphatic heterocycles. The smallest absolute Gasteiger partial charge is 0.312 e. The number of rotatable bonds is 4. The van der Waals surface area contributed by atoms with E-state index in [1.807, 2.05) is 0 Å². The van der Waals surface area contributed by atoms with Crippen molar-refractivity contribution in [1.29, 1.82) is 0 Å². The van der Waals surface area contributed by atoms with E-state index in [0.29, 0.717) is 0 Å². The van der Waals surface area contributed by atoms with E-state index in [-0.39, 0.29) is 26.3 Å². The second-order valence-electron chi connectivity index (χ2n) is 3.97. The average molecular weight is 323 g/mol. The zero-order valence-corrected chi connectivity index (χ0v) is 12.0. The third-order valence-corrected chi connectivity index (χ3v) is 5.01. The summed E-state index contributed by atoms with van der Waals surface area (Å²) in [6.07, 6.45) is 0. The summed E-state index contributed by atoms with van der Waals surface area (Å²) in [5.74, 6) is 0. The molecule has 0 aliphatic rings. The fourth-order valence-corrected chi connectivity index (χ4v) is 3.49. The van der Waals surface area contributed by atoms with Gasteiger partial charge in [0.25, 0.3) is 20.2 Å². The lowest BCUT2D eigenvalue weighted by molar-refractivity contribution is 0.506. The van der Waals surface area contributed by atoms with E-state index in [1.54, 1.807) is 0 Å². The molecule has 0 aromatic heterocycles. The molecule has 0 aliphatic carbocycles. The number of hydrogen-bond acceptors (Lipinski definition) is 7. The van der Waals surface area contributed by atoms with Gasteiger partial charge >= 0.3 is 16.1 Å². The van der Waals surface area contributed by atoms with E-state index in [4.69, 9.17) is 21.8 Å². The van der Waals surface area contributed by atoms with Gasteiger partial charge in [-0.15, -0.1) is 0 Å². The Labute approximate surface area is 124 Å². The van der Waals surface area contributed by atoms with Gasteiger partial charge in [0.15, 0.2) is 0 Å². The summed E-state index contributed by atoms with van der Waals surface area (Å²) in [5.41, 5.74) is 5.60. The molecule has 106 valence electrons. The van der Waals surface area contributed by atoms with Gasteiger partial charge in [-0.1, -0.05) is 12.1 Å². The molecule has 0 fully saturated rings. The van der Waals surface area contributed by atoms with Crippen LogP contribution in [0.2, 0.25) is 0 Å². The third kappa shape index (κ3) is 2.77. The maximum atomic E-state index is 11.8. The van der Waals surface area contributed by atoms with Crippen LogP contribution >= 0.6 is 0 Å². The van der Waals surface area contributed by atoms with Crippen LogP contribution in [0.15, 0.2) is 40.1 Å². The normalized spacial score (nSPS) is 12.6. The quantitative estimate of drug-likeness (QED) is 0.622. The second kappa shape index (κ2) is 5.34. The molecule has 0 bridgehead atoms. The minimum Gasteiger partial charge on any atom is -0.399 e. The Kier molecular flexibility index (Phi) is 4.02. The van der Waals surface area contributed by atoms with Crippen molar-refractivity contribution in [3.05, 3.63) is 30.3 Å². The molecule has 4 radical (unpaired) electrons. The van der Waals surface area contributed by atoms with E-state index >= 15 is 0 Å². The SMILES string of the molecule is [B]OS(=O)(=O)c1cc(N)cc2c(S(=O)(=O)O[B])cccc12. The van der Waals surface area contributed by atoms with Crippen LogP contribution in [0, 0.1) is 0 Å². The summed E-state index contributed by atoms with van der Waals surface area (Å²) in [7, 11) is 0.932. The summed E-state index contributed by atoms with van der Waals surface area (Å²) in [5, 5.41) is 0.0614. The second-order valence-corrected chi connectivity index (χ2v) is 7.05. The third-order valence-electron chi connectivity index (χ3n) is 2.73. The molecule has 0 atom stereocenters. The Morgan fingerprint density at radius 3 is 2.00 bits per heavy atom. The van der Waals surface area contributed by atoms with Gasteiger partial charge in [0.1, 0.15) is 9.79 Å². The van der Waals surface area contributed by atoms with Gasteiger partial charge in [-0.25, -0.2) is 0 Å². The first kappa shape index (κ1) is 15.8. The molecule has 0 saturated heterocycles. The largest absolute Gasteiger partial charge is 0.399 e. The molecule has 0 saturated carbocycles. The first-order chi connectivity index (χ1) is 9.73. The lowest BCUT2D eigenvalue weighted by Crippen LogP contribution is -2.08. The minimum atomic E-state index is -4.29. The Morgan fingerprint density at radius 2 is 1.43 bits per heavy atom. The van der Waals surface area contributed by atoms with E-state index in [9.17, 15) is 16.8 Å². The van der Waals surface area contributed by atoms with Gasteiger partial charge in [-0.2, -0.15) is 16.8 Å². The van der Waals surface area contributed by atoms with Crippen molar-refractivity contribution in [2.75, 3.05) is 5.73 Å². The Morgan fingerprint density at radius 1 is 0.857 bits per heavy atom. The van der Waals surface area contributed by atoms with Crippen molar-refractivity contribution in [1.82, 2.24) is 0 Å². The first-order valence-electron chi connectivity index (χ1n) is 5.32. The maximum absolute atomic E-state index is 11.8. The van der Waals surface area contributed by atoms with E-state index in [1.165, 1.54) is 24.3 Å². The van der Waals surface area contributed by atoms with Crippen molar-refractivity contribution in [2.24, 2.45) is 0 Å². The van der Waals surface area contributed by atoms with Crippen molar-refractivity contribution in [3.63, 3.8) is 0 Å². The Balaban J connectivity index is 2.99. The molecular formula is C10H7B2NO6S2. The predicted octanol–water partition coefficient (Wildman–Crippen LogP) is -0.000400. The van der Waals surface area contributed by atoms with Gasteiger partial charge in [-0.05, 0) is 18.2 Å². The highest BCUT2D eigenvalue weighted by molar-refractivity contribution is 7.88. The summed E-state index contributed by atoms with van der Waals surface area (Å²) in [6, 6.07) is 6.26. The van der Waals surface area contributed by atoms with Gasteiger partial charge < -0.3 is 13.9 Å². The van der Waals surface area contributed by atoms with Crippen molar-refractivity contribution in [3.8, 4) is 0 Å². The van der Waals surface area contributed by atoms with Crippen LogP contribution in [0.3, 0.4) is 0 Å². The number of fused-ring (bicyclic) bond motifs is 1. The van der Waals surface area contributed by atoms with Crippen molar-refractivity contribution < 1.29 is 25.0 Å². The molecule has 2 aromatic rings. The highest BCUT2D eigenvalue weighted by Gasteiger charge is 2.22. The number of nitrogen functional groups attached to an aromatic ring is 1. The maximum Gasteiger partial charge on any atom is 0.312 e. The predicted molar refractivity (Wildman–Crippen MR) is 76.4 cm³/mol. The fourth-order valence-electron chi connectivity index (χ4n) is 1.87. The summed E-state index contributed by atoms with van der Waals surface area (Å²) < 4.78 is 55.0. The zero-order chi connectivity index (χ0) is 15.8. The molecule has 2 rings (SSSR count). The molecular weight excluding hydrogens is 316 g/mol. The lowest BCUT2D eigenvalue weighted by atomic mass is 10.1. The summed E-state index contributed by atoms with van der Waals surface area (Å²) in [4.78, 5) is -0.697. The minimum absolute atomic E-state index is 0.00204. The summed E-state index contributed by atoms with van der Waals surface area (Å²) >= 11 is 0. The zero-order valence-electron chi connectivity index (χ0n) is 10.4. The molecule has 11 heteroatoms. The molecule has 2 aromatic carbocycles. The van der Waals surface area contributed by atoms with Crippen LogP contribution in [0.1, 0.15) is 0 Å². The van der Waals surface area contributed by atoms with Gasteiger partial charge in [0, 0.05) is 16.5 Å². The van der Waals surface area contributed by atoms with E-state index in [2.05, 4.69) is 8.20 Å². The molecule has 0 spiro atoms. The fraction of sp³-hybridized carbons (Fsp3) is 0. The van der Waals surface area contributed by atoms with Gasteiger partial charge in [0.2, 0.25) is 0 Å². The van der Waals surface area contributed by atoms with Crippen LogP contribution in [-0.4, -0.2) is 32.9 Å². The van der Waals surface area contributed by atoms with Crippen LogP contribution in [0.4, 0.5) is 5.69 Å². The Hall–Kier alpha value is -1.55.